The number of nitrogens with one attached hydrogen (secondary N) is 2. The highest BCUT2D eigenvalue weighted by Gasteiger charge is 2.39. The number of benzene rings is 2. The van der Waals surface area contributed by atoms with Crippen molar-refractivity contribution in [1.82, 2.24) is 10.6 Å². The molecule has 0 radical (unpaired) electrons. The Bertz CT molecular complexity index is 815. The van der Waals surface area contributed by atoms with Gasteiger partial charge in [0, 0.05) is 11.6 Å². The minimum absolute atomic E-state index is 0.0646. The fraction of sp³-hybridized carbons (Fsp3) is 0.500. The molecule has 1 amide bonds. The average molecular weight is 407 g/mol. The normalized spacial score (nSPS) is 25.5. The zero-order valence-electron chi connectivity index (χ0n) is 18.0. The van der Waals surface area contributed by atoms with Gasteiger partial charge in [-0.15, -0.1) is 0 Å². The highest BCUT2D eigenvalue weighted by molar-refractivity contribution is 5.94. The predicted molar refractivity (Wildman–Crippen MR) is 121 cm³/mol. The predicted octanol–water partition coefficient (Wildman–Crippen LogP) is 4.77. The van der Waals surface area contributed by atoms with Crippen LogP contribution in [-0.2, 0) is 0 Å². The van der Waals surface area contributed by atoms with Crippen LogP contribution in [0.25, 0.3) is 0 Å². The van der Waals surface area contributed by atoms with Crippen molar-refractivity contribution in [3.63, 3.8) is 0 Å². The maximum absolute atomic E-state index is 12.3. The molecular weight excluding hydrogens is 372 g/mol. The smallest absolute Gasteiger partial charge is 0.251 e. The van der Waals surface area contributed by atoms with Crippen LogP contribution in [0.15, 0.2) is 54.6 Å². The van der Waals surface area contributed by atoms with Gasteiger partial charge in [-0.3, -0.25) is 4.79 Å². The van der Waals surface area contributed by atoms with Crippen LogP contribution >= 0.6 is 0 Å². The van der Waals surface area contributed by atoms with E-state index in [1.165, 1.54) is 31.2 Å². The summed E-state index contributed by atoms with van der Waals surface area (Å²) in [5.41, 5.74) is 2.12. The minimum Gasteiger partial charge on any atom is -0.496 e. The molecule has 0 unspecified atom stereocenters. The van der Waals surface area contributed by atoms with E-state index in [9.17, 15) is 4.79 Å². The molecule has 2 aromatic carbocycles. The molecule has 2 saturated carbocycles. The Kier molecular flexibility index (Phi) is 7.06. The molecule has 2 N–H and O–H groups in total. The lowest BCUT2D eigenvalue weighted by Gasteiger charge is -2.29. The molecule has 30 heavy (non-hydrogen) atoms. The molecule has 4 rings (SSSR count). The van der Waals surface area contributed by atoms with Gasteiger partial charge < -0.3 is 15.4 Å². The van der Waals surface area contributed by atoms with Crippen molar-refractivity contribution in [2.24, 2.45) is 11.8 Å². The van der Waals surface area contributed by atoms with E-state index in [1.807, 2.05) is 36.4 Å². The van der Waals surface area contributed by atoms with Gasteiger partial charge in [-0.05, 0) is 93.1 Å². The highest BCUT2D eigenvalue weighted by atomic mass is 16.5. The topological polar surface area (TPSA) is 50.4 Å². The molecule has 0 heterocycles. The third-order valence-corrected chi connectivity index (χ3v) is 6.81. The molecule has 0 saturated heterocycles. The second-order valence-electron chi connectivity index (χ2n) is 8.89. The van der Waals surface area contributed by atoms with Crippen molar-refractivity contribution >= 4 is 5.91 Å². The lowest BCUT2D eigenvalue weighted by Crippen LogP contribution is -2.38. The number of hydrogen-bond donors (Lipinski definition) is 2. The van der Waals surface area contributed by atoms with Gasteiger partial charge >= 0.3 is 0 Å². The van der Waals surface area contributed by atoms with E-state index in [2.05, 4.69) is 28.8 Å². The van der Waals surface area contributed by atoms with E-state index in [4.69, 9.17) is 4.74 Å². The number of rotatable bonds is 9. The van der Waals surface area contributed by atoms with E-state index in [-0.39, 0.29) is 5.91 Å². The lowest BCUT2D eigenvalue weighted by atomic mass is 9.84. The largest absolute Gasteiger partial charge is 0.496 e. The van der Waals surface area contributed by atoms with E-state index < -0.39 is 0 Å². The number of hydrogen-bond acceptors (Lipinski definition) is 3. The van der Waals surface area contributed by atoms with E-state index in [1.54, 1.807) is 7.11 Å². The number of para-hydroxylation sites is 1. The van der Waals surface area contributed by atoms with Gasteiger partial charge in [0.25, 0.3) is 5.91 Å². The van der Waals surface area contributed by atoms with Crippen molar-refractivity contribution in [2.75, 3.05) is 20.2 Å². The maximum atomic E-state index is 12.3. The fourth-order valence-corrected chi connectivity index (χ4v) is 4.87. The summed E-state index contributed by atoms with van der Waals surface area (Å²) in [7, 11) is 1.76. The molecule has 2 aliphatic carbocycles. The molecule has 2 aromatic rings. The molecule has 0 spiro atoms. The summed E-state index contributed by atoms with van der Waals surface area (Å²) in [4.78, 5) is 12.3. The van der Waals surface area contributed by atoms with E-state index in [0.717, 1.165) is 49.1 Å². The Balaban J connectivity index is 1.10. The molecule has 2 atom stereocenters. The second-order valence-corrected chi connectivity index (χ2v) is 8.89. The van der Waals surface area contributed by atoms with Crippen molar-refractivity contribution in [3.05, 3.63) is 65.7 Å². The first-order valence-electron chi connectivity index (χ1n) is 11.4. The Morgan fingerprint density at radius 2 is 1.73 bits per heavy atom. The van der Waals surface area contributed by atoms with Gasteiger partial charge in [-0.2, -0.15) is 0 Å². The zero-order chi connectivity index (χ0) is 20.8. The Morgan fingerprint density at radius 1 is 1.00 bits per heavy atom. The van der Waals surface area contributed by atoms with Gasteiger partial charge in [0.1, 0.15) is 5.75 Å². The standard InChI is InChI=1S/C26H34N2O2/c1-30-25-10-6-5-9-23(25)24-17-21(24)18-27-16-15-19-11-13-22(14-12-19)28-26(29)20-7-3-2-4-8-20/h2-10,19,21-22,24,27H,11-18H2,1H3,(H,28,29)/t19-,21-,22-,24+/m0/s1. The first kappa shape index (κ1) is 20.9. The van der Waals surface area contributed by atoms with Gasteiger partial charge in [-0.1, -0.05) is 36.4 Å². The minimum atomic E-state index is 0.0646. The molecule has 4 heteroatoms. The van der Waals surface area contributed by atoms with Gasteiger partial charge in [-0.25, -0.2) is 0 Å². The van der Waals surface area contributed by atoms with E-state index in [0.29, 0.717) is 12.0 Å². The van der Waals surface area contributed by atoms with Crippen LogP contribution in [0.2, 0.25) is 0 Å². The molecule has 160 valence electrons. The van der Waals surface area contributed by atoms with Crippen LogP contribution in [-0.4, -0.2) is 32.1 Å². The van der Waals surface area contributed by atoms with Crippen LogP contribution in [0.1, 0.15) is 60.4 Å². The van der Waals surface area contributed by atoms with Crippen LogP contribution < -0.4 is 15.4 Å². The summed E-state index contributed by atoms with van der Waals surface area (Å²) < 4.78 is 5.51. The first-order chi connectivity index (χ1) is 14.7. The first-order valence-corrected chi connectivity index (χ1v) is 11.4. The zero-order valence-corrected chi connectivity index (χ0v) is 18.0. The summed E-state index contributed by atoms with van der Waals surface area (Å²) in [5.74, 6) is 3.27. The third-order valence-electron chi connectivity index (χ3n) is 6.81. The number of methoxy groups -OCH3 is 1. The maximum Gasteiger partial charge on any atom is 0.251 e. The molecule has 0 aliphatic heterocycles. The summed E-state index contributed by atoms with van der Waals surface area (Å²) >= 11 is 0. The van der Waals surface area contributed by atoms with Crippen molar-refractivity contribution in [3.8, 4) is 5.75 Å². The fourth-order valence-electron chi connectivity index (χ4n) is 4.87. The summed E-state index contributed by atoms with van der Waals surface area (Å²) in [5, 5.41) is 6.90. The lowest BCUT2D eigenvalue weighted by molar-refractivity contribution is 0.0921. The van der Waals surface area contributed by atoms with Crippen molar-refractivity contribution < 1.29 is 9.53 Å². The molecule has 0 bridgehead atoms. The Hall–Kier alpha value is -2.33. The third kappa shape index (κ3) is 5.42. The number of amides is 1. The van der Waals surface area contributed by atoms with Crippen molar-refractivity contribution in [1.29, 1.82) is 0 Å². The average Bonchev–Trinajstić information content (AvgIpc) is 3.57. The highest BCUT2D eigenvalue weighted by Crippen LogP contribution is 2.49. The van der Waals surface area contributed by atoms with Gasteiger partial charge in [0.2, 0.25) is 0 Å². The quantitative estimate of drug-likeness (QED) is 0.590. The molecule has 2 fully saturated rings. The Morgan fingerprint density at radius 3 is 2.50 bits per heavy atom. The molecular formula is C26H34N2O2. The van der Waals surface area contributed by atoms with Gasteiger partial charge in [0.15, 0.2) is 0 Å². The Labute approximate surface area is 180 Å². The number of carbonyl (C=O) groups excluding carboxylic acids is 1. The van der Waals surface area contributed by atoms with Gasteiger partial charge in [0.05, 0.1) is 7.11 Å². The molecule has 0 aromatic heterocycles. The molecule has 4 nitrogen and oxygen atoms in total. The van der Waals surface area contributed by atoms with E-state index >= 15 is 0 Å². The number of ether oxygens (including phenoxy) is 1. The van der Waals surface area contributed by atoms with Crippen LogP contribution in [0.4, 0.5) is 0 Å². The SMILES string of the molecule is COc1ccccc1[C@@H]1C[C@H]1CNCC[C@H]1CC[C@H](NC(=O)c2ccccc2)CC1. The summed E-state index contributed by atoms with van der Waals surface area (Å²) in [6.45, 7) is 2.20. The summed E-state index contributed by atoms with van der Waals surface area (Å²) in [6, 6.07) is 18.3. The van der Waals surface area contributed by atoms with Crippen LogP contribution in [0, 0.1) is 11.8 Å². The van der Waals surface area contributed by atoms with Crippen LogP contribution in [0.3, 0.4) is 0 Å². The number of carbonyl (C=O) groups is 1. The van der Waals surface area contributed by atoms with Crippen molar-refractivity contribution in [2.45, 2.75) is 50.5 Å². The van der Waals surface area contributed by atoms with Crippen LogP contribution in [0.5, 0.6) is 5.75 Å². The second kappa shape index (κ2) is 10.1. The molecule has 2 aliphatic rings. The monoisotopic (exact) mass is 406 g/mol. The summed E-state index contributed by atoms with van der Waals surface area (Å²) in [6.07, 6.45) is 7.14.